The van der Waals surface area contributed by atoms with E-state index in [-0.39, 0.29) is 0 Å². The fourth-order valence-electron chi connectivity index (χ4n) is 0.764. The highest BCUT2D eigenvalue weighted by molar-refractivity contribution is 8.12. The number of thioether (sulfide) groups is 1. The van der Waals surface area contributed by atoms with E-state index >= 15 is 0 Å². The number of hydrogen-bond donors (Lipinski definition) is 0. The number of unbranched alkanes of at least 4 members (excludes halogenated alkanes) is 3. The van der Waals surface area contributed by atoms with Crippen molar-refractivity contribution in [2.45, 2.75) is 39.5 Å². The summed E-state index contributed by atoms with van der Waals surface area (Å²) in [6.45, 7) is 5.50. The van der Waals surface area contributed by atoms with Crippen molar-refractivity contribution < 1.29 is 0 Å². The molecule has 0 aromatic carbocycles. The zero-order valence-corrected chi connectivity index (χ0v) is 8.49. The predicted molar refractivity (Wildman–Crippen MR) is 55.6 cm³/mol. The Bertz CT molecular complexity index is 81.6. The van der Waals surface area contributed by atoms with E-state index in [0.29, 0.717) is 0 Å². The summed E-state index contributed by atoms with van der Waals surface area (Å²) in [4.78, 5) is 3.92. The molecule has 1 rings (SSSR count). The Balaban J connectivity index is 0.000000183. The highest BCUT2D eigenvalue weighted by Gasteiger charge is 1.86. The Hall–Kier alpha value is 0.0200. The second-order valence-corrected chi connectivity index (χ2v) is 3.54. The maximum absolute atomic E-state index is 3.92. The van der Waals surface area contributed by atoms with E-state index in [4.69, 9.17) is 0 Å². The SMILES string of the molecule is C1=NCCS1.CCCCCC. The van der Waals surface area contributed by atoms with Crippen LogP contribution in [0.5, 0.6) is 0 Å². The molecule has 0 aliphatic carbocycles. The van der Waals surface area contributed by atoms with Crippen LogP contribution in [0.2, 0.25) is 0 Å². The van der Waals surface area contributed by atoms with Gasteiger partial charge in [0.05, 0.1) is 5.55 Å². The van der Waals surface area contributed by atoms with Gasteiger partial charge < -0.3 is 0 Å². The van der Waals surface area contributed by atoms with Crippen molar-refractivity contribution in [3.63, 3.8) is 0 Å². The lowest BCUT2D eigenvalue weighted by Crippen LogP contribution is -1.69. The molecule has 0 spiro atoms. The van der Waals surface area contributed by atoms with Crippen LogP contribution in [-0.4, -0.2) is 17.8 Å². The van der Waals surface area contributed by atoms with Crippen LogP contribution in [0.25, 0.3) is 0 Å². The molecule has 1 aliphatic heterocycles. The Morgan fingerprint density at radius 3 is 2.09 bits per heavy atom. The van der Waals surface area contributed by atoms with E-state index in [1.165, 1.54) is 31.4 Å². The van der Waals surface area contributed by atoms with E-state index in [9.17, 15) is 0 Å². The van der Waals surface area contributed by atoms with Gasteiger partial charge in [0, 0.05) is 12.3 Å². The molecule has 0 unspecified atom stereocenters. The Labute approximate surface area is 74.7 Å². The summed E-state index contributed by atoms with van der Waals surface area (Å²) in [6, 6.07) is 0. The van der Waals surface area contributed by atoms with Gasteiger partial charge in [0.2, 0.25) is 0 Å². The monoisotopic (exact) mass is 173 g/mol. The Morgan fingerprint density at radius 2 is 1.91 bits per heavy atom. The molecule has 0 saturated heterocycles. The molecule has 1 aliphatic rings. The minimum Gasteiger partial charge on any atom is -0.285 e. The number of hydrogen-bond acceptors (Lipinski definition) is 2. The topological polar surface area (TPSA) is 12.4 Å². The normalized spacial score (nSPS) is 14.4. The van der Waals surface area contributed by atoms with Crippen LogP contribution in [0.3, 0.4) is 0 Å². The average Bonchev–Trinajstić information content (AvgIpc) is 2.57. The molecule has 0 fully saturated rings. The fraction of sp³-hybridized carbons (Fsp3) is 0.889. The van der Waals surface area contributed by atoms with Gasteiger partial charge in [-0.3, -0.25) is 4.99 Å². The van der Waals surface area contributed by atoms with Crippen molar-refractivity contribution in [2.75, 3.05) is 12.3 Å². The van der Waals surface area contributed by atoms with Crippen LogP contribution in [-0.2, 0) is 0 Å². The summed E-state index contributed by atoms with van der Waals surface area (Å²) in [5.74, 6) is 1.19. The largest absolute Gasteiger partial charge is 0.285 e. The third-order valence-electron chi connectivity index (χ3n) is 1.44. The summed E-state index contributed by atoms with van der Waals surface area (Å²) in [6.07, 6.45) is 5.54. The second kappa shape index (κ2) is 10.0. The minimum atomic E-state index is 1.03. The maximum Gasteiger partial charge on any atom is 0.0542 e. The van der Waals surface area contributed by atoms with Crippen LogP contribution in [0.15, 0.2) is 4.99 Å². The molecule has 0 amide bonds. The molecule has 0 atom stereocenters. The van der Waals surface area contributed by atoms with Gasteiger partial charge in [-0.15, -0.1) is 11.8 Å². The first kappa shape index (κ1) is 11.0. The van der Waals surface area contributed by atoms with Crippen molar-refractivity contribution in [1.82, 2.24) is 0 Å². The molecule has 2 heteroatoms. The summed E-state index contributed by atoms with van der Waals surface area (Å²) in [7, 11) is 0. The van der Waals surface area contributed by atoms with Crippen molar-refractivity contribution in [3.05, 3.63) is 0 Å². The summed E-state index contributed by atoms with van der Waals surface area (Å²) in [5.41, 5.74) is 1.90. The second-order valence-electron chi connectivity index (χ2n) is 2.59. The van der Waals surface area contributed by atoms with Crippen LogP contribution in [0.1, 0.15) is 39.5 Å². The summed E-state index contributed by atoms with van der Waals surface area (Å²) >= 11 is 1.78. The van der Waals surface area contributed by atoms with Crippen molar-refractivity contribution in [2.24, 2.45) is 4.99 Å². The van der Waals surface area contributed by atoms with Crippen LogP contribution < -0.4 is 0 Å². The molecular weight excluding hydrogens is 154 g/mol. The summed E-state index contributed by atoms with van der Waals surface area (Å²) in [5, 5.41) is 0. The van der Waals surface area contributed by atoms with Crippen LogP contribution >= 0.6 is 11.8 Å². The van der Waals surface area contributed by atoms with Gasteiger partial charge >= 0.3 is 0 Å². The van der Waals surface area contributed by atoms with Crippen molar-refractivity contribution in [1.29, 1.82) is 0 Å². The van der Waals surface area contributed by atoms with Gasteiger partial charge in [0.15, 0.2) is 0 Å². The van der Waals surface area contributed by atoms with Crippen LogP contribution in [0, 0.1) is 0 Å². The third kappa shape index (κ3) is 10.0. The van der Waals surface area contributed by atoms with Gasteiger partial charge in [0.1, 0.15) is 0 Å². The molecule has 0 N–H and O–H groups in total. The number of aliphatic imine (C=N–C) groups is 1. The number of nitrogens with zero attached hydrogens (tertiary/aromatic N) is 1. The molecule has 0 aromatic heterocycles. The first-order valence-electron chi connectivity index (χ1n) is 4.51. The molecule has 0 bridgehead atoms. The third-order valence-corrected chi connectivity index (χ3v) is 2.16. The molecule has 0 aromatic rings. The van der Waals surface area contributed by atoms with Gasteiger partial charge in [-0.05, 0) is 0 Å². The lowest BCUT2D eigenvalue weighted by atomic mass is 10.2. The maximum atomic E-state index is 3.92. The Kier molecular flexibility index (Phi) is 10.0. The predicted octanol–water partition coefficient (Wildman–Crippen LogP) is 3.35. The molecule has 1 heterocycles. The lowest BCUT2D eigenvalue weighted by Gasteiger charge is -1.86. The first-order chi connectivity index (χ1) is 5.41. The van der Waals surface area contributed by atoms with E-state index in [1.54, 1.807) is 11.8 Å². The zero-order chi connectivity index (χ0) is 8.36. The van der Waals surface area contributed by atoms with E-state index in [1.807, 2.05) is 5.55 Å². The van der Waals surface area contributed by atoms with Crippen molar-refractivity contribution in [3.8, 4) is 0 Å². The smallest absolute Gasteiger partial charge is 0.0542 e. The minimum absolute atomic E-state index is 1.03. The number of rotatable bonds is 3. The fourth-order valence-corrected chi connectivity index (χ4v) is 1.29. The van der Waals surface area contributed by atoms with Gasteiger partial charge in [0.25, 0.3) is 0 Å². The van der Waals surface area contributed by atoms with Gasteiger partial charge in [-0.1, -0.05) is 39.5 Å². The van der Waals surface area contributed by atoms with E-state index in [0.717, 1.165) is 6.54 Å². The van der Waals surface area contributed by atoms with E-state index < -0.39 is 0 Å². The molecular formula is C9H19NS. The zero-order valence-electron chi connectivity index (χ0n) is 7.68. The molecule has 11 heavy (non-hydrogen) atoms. The standard InChI is InChI=1S/C6H14.C3H5NS/c1-3-5-6-4-2;1-2-5-3-4-1/h3-6H2,1-2H3;3H,1-2H2. The molecule has 1 nitrogen and oxygen atoms in total. The Morgan fingerprint density at radius 1 is 1.27 bits per heavy atom. The first-order valence-corrected chi connectivity index (χ1v) is 5.56. The summed E-state index contributed by atoms with van der Waals surface area (Å²) < 4.78 is 0. The molecule has 0 saturated carbocycles. The highest BCUT2D eigenvalue weighted by Crippen LogP contribution is 1.99. The molecule has 0 radical (unpaired) electrons. The average molecular weight is 173 g/mol. The van der Waals surface area contributed by atoms with Gasteiger partial charge in [-0.2, -0.15) is 0 Å². The van der Waals surface area contributed by atoms with Crippen LogP contribution in [0.4, 0.5) is 0 Å². The van der Waals surface area contributed by atoms with Gasteiger partial charge in [-0.25, -0.2) is 0 Å². The lowest BCUT2D eigenvalue weighted by molar-refractivity contribution is 0.702. The quantitative estimate of drug-likeness (QED) is 0.596. The van der Waals surface area contributed by atoms with Crippen molar-refractivity contribution >= 4 is 17.3 Å². The van der Waals surface area contributed by atoms with E-state index in [2.05, 4.69) is 18.8 Å². The molecule has 66 valence electrons. The highest BCUT2D eigenvalue weighted by atomic mass is 32.2.